The largest absolute Gasteiger partial charge is 0.493 e. The smallest absolute Gasteiger partial charge is 0.161 e. The Morgan fingerprint density at radius 2 is 1.84 bits per heavy atom. The van der Waals surface area contributed by atoms with E-state index in [-0.39, 0.29) is 0 Å². The lowest BCUT2D eigenvalue weighted by Crippen LogP contribution is -2.00. The molecule has 4 nitrogen and oxygen atoms in total. The van der Waals surface area contributed by atoms with Gasteiger partial charge in [0.15, 0.2) is 11.5 Å². The van der Waals surface area contributed by atoms with Gasteiger partial charge >= 0.3 is 0 Å². The Labute approximate surface area is 116 Å². The minimum absolute atomic E-state index is 0.476. The molecule has 0 aliphatic carbocycles. The molecule has 0 aliphatic heterocycles. The molecule has 0 saturated carbocycles. The fraction of sp³-hybridized carbons (Fsp3) is 0.286. The molecule has 0 saturated heterocycles. The van der Waals surface area contributed by atoms with Crippen molar-refractivity contribution >= 4 is 11.3 Å². The molecule has 0 spiro atoms. The molecule has 0 atom stereocenters. The summed E-state index contributed by atoms with van der Waals surface area (Å²) in [7, 11) is 3.24. The predicted octanol–water partition coefficient (Wildman–Crippen LogP) is 2.80. The van der Waals surface area contributed by atoms with Gasteiger partial charge < -0.3 is 19.9 Å². The van der Waals surface area contributed by atoms with Crippen LogP contribution in [-0.4, -0.2) is 14.2 Å². The van der Waals surface area contributed by atoms with Crippen LogP contribution in [0.5, 0.6) is 17.2 Å². The Kier molecular flexibility index (Phi) is 4.65. The van der Waals surface area contributed by atoms with Gasteiger partial charge in [-0.2, -0.15) is 0 Å². The summed E-state index contributed by atoms with van der Waals surface area (Å²) >= 11 is 1.60. The molecule has 1 heterocycles. The molecule has 2 N–H and O–H groups in total. The number of methoxy groups -OCH3 is 2. The Morgan fingerprint density at radius 3 is 2.53 bits per heavy atom. The number of nitrogens with two attached hydrogens (primary N) is 1. The maximum Gasteiger partial charge on any atom is 0.161 e. The van der Waals surface area contributed by atoms with E-state index in [2.05, 4.69) is 0 Å². The topological polar surface area (TPSA) is 53.7 Å². The fourth-order valence-electron chi connectivity index (χ4n) is 1.74. The van der Waals surface area contributed by atoms with Crippen LogP contribution in [0.1, 0.15) is 10.4 Å². The first-order valence-electron chi connectivity index (χ1n) is 5.88. The summed E-state index contributed by atoms with van der Waals surface area (Å²) in [5.74, 6) is 2.26. The van der Waals surface area contributed by atoms with Crippen LogP contribution in [0.2, 0.25) is 0 Å². The van der Waals surface area contributed by atoms with Crippen molar-refractivity contribution < 1.29 is 14.2 Å². The molecular weight excluding hydrogens is 262 g/mol. The van der Waals surface area contributed by atoms with Crippen molar-refractivity contribution in [1.82, 2.24) is 0 Å². The number of ether oxygens (including phenoxy) is 3. The number of thiophene rings is 1. The number of rotatable bonds is 6. The highest BCUT2D eigenvalue weighted by Crippen LogP contribution is 2.29. The van der Waals surface area contributed by atoms with Gasteiger partial charge in [-0.1, -0.05) is 6.07 Å². The summed E-state index contributed by atoms with van der Waals surface area (Å²) in [6.45, 7) is 0.975. The van der Waals surface area contributed by atoms with E-state index in [9.17, 15) is 0 Å². The average molecular weight is 279 g/mol. The molecule has 0 radical (unpaired) electrons. The first-order valence-corrected chi connectivity index (χ1v) is 6.76. The molecule has 2 rings (SSSR count). The third kappa shape index (κ3) is 3.19. The summed E-state index contributed by atoms with van der Waals surface area (Å²) < 4.78 is 16.2. The SMILES string of the molecule is COc1ccc(COc2ccsc2CN)cc1OC. The van der Waals surface area contributed by atoms with Gasteiger partial charge in [0.05, 0.1) is 19.1 Å². The maximum atomic E-state index is 5.76. The summed E-state index contributed by atoms with van der Waals surface area (Å²) in [5.41, 5.74) is 6.66. The Balaban J connectivity index is 2.07. The second-order valence-electron chi connectivity index (χ2n) is 3.89. The fourth-order valence-corrected chi connectivity index (χ4v) is 2.43. The van der Waals surface area contributed by atoms with Gasteiger partial charge in [-0.3, -0.25) is 0 Å². The lowest BCUT2D eigenvalue weighted by atomic mass is 10.2. The molecule has 0 amide bonds. The van der Waals surface area contributed by atoms with Gasteiger partial charge in [0, 0.05) is 6.54 Å². The third-order valence-corrected chi connectivity index (χ3v) is 3.66. The van der Waals surface area contributed by atoms with Crippen molar-refractivity contribution in [2.24, 2.45) is 5.73 Å². The molecule has 0 unspecified atom stereocenters. The van der Waals surface area contributed by atoms with Crippen molar-refractivity contribution in [1.29, 1.82) is 0 Å². The van der Waals surface area contributed by atoms with Crippen LogP contribution >= 0.6 is 11.3 Å². The second kappa shape index (κ2) is 6.45. The molecule has 1 aromatic heterocycles. The predicted molar refractivity (Wildman–Crippen MR) is 76.1 cm³/mol. The first kappa shape index (κ1) is 13.7. The van der Waals surface area contributed by atoms with E-state index in [1.807, 2.05) is 29.6 Å². The standard InChI is InChI=1S/C14H17NO3S/c1-16-11-4-3-10(7-13(11)17-2)9-18-12-5-6-19-14(12)8-15/h3-7H,8-9,15H2,1-2H3. The van der Waals surface area contributed by atoms with E-state index >= 15 is 0 Å². The molecule has 2 aromatic rings. The summed E-state index contributed by atoms with van der Waals surface area (Å²) in [6.07, 6.45) is 0. The minimum atomic E-state index is 0.476. The van der Waals surface area contributed by atoms with E-state index in [0.29, 0.717) is 24.7 Å². The normalized spacial score (nSPS) is 10.3. The van der Waals surface area contributed by atoms with E-state index in [1.165, 1.54) is 0 Å². The Bertz CT molecular complexity index is 539. The molecule has 0 bridgehead atoms. The molecule has 1 aromatic carbocycles. The van der Waals surface area contributed by atoms with Crippen LogP contribution in [0.25, 0.3) is 0 Å². The molecule has 0 aliphatic rings. The first-order chi connectivity index (χ1) is 9.28. The van der Waals surface area contributed by atoms with Crippen molar-refractivity contribution in [3.05, 3.63) is 40.1 Å². The lowest BCUT2D eigenvalue weighted by Gasteiger charge is -2.10. The highest BCUT2D eigenvalue weighted by Gasteiger charge is 2.07. The lowest BCUT2D eigenvalue weighted by molar-refractivity contribution is 0.302. The number of hydrogen-bond acceptors (Lipinski definition) is 5. The zero-order chi connectivity index (χ0) is 13.7. The van der Waals surface area contributed by atoms with Crippen molar-refractivity contribution in [2.45, 2.75) is 13.2 Å². The molecular formula is C14H17NO3S. The van der Waals surface area contributed by atoms with Gasteiger partial charge in [0.2, 0.25) is 0 Å². The van der Waals surface area contributed by atoms with Gasteiger partial charge in [-0.15, -0.1) is 11.3 Å². The van der Waals surface area contributed by atoms with E-state index in [0.717, 1.165) is 16.2 Å². The minimum Gasteiger partial charge on any atom is -0.493 e. The van der Waals surface area contributed by atoms with Gasteiger partial charge in [-0.05, 0) is 29.1 Å². The zero-order valence-electron chi connectivity index (χ0n) is 11.0. The van der Waals surface area contributed by atoms with Crippen LogP contribution in [-0.2, 0) is 13.2 Å². The summed E-state index contributed by atoms with van der Waals surface area (Å²) in [5, 5.41) is 1.98. The van der Waals surface area contributed by atoms with Crippen LogP contribution < -0.4 is 19.9 Å². The molecule has 5 heteroatoms. The highest BCUT2D eigenvalue weighted by atomic mass is 32.1. The maximum absolute atomic E-state index is 5.76. The summed E-state index contributed by atoms with van der Waals surface area (Å²) in [6, 6.07) is 7.67. The van der Waals surface area contributed by atoms with Crippen molar-refractivity contribution in [2.75, 3.05) is 14.2 Å². The van der Waals surface area contributed by atoms with E-state index < -0.39 is 0 Å². The number of hydrogen-bond donors (Lipinski definition) is 1. The van der Waals surface area contributed by atoms with Crippen LogP contribution in [0.3, 0.4) is 0 Å². The number of benzene rings is 1. The molecule has 0 fully saturated rings. The van der Waals surface area contributed by atoms with E-state index in [4.69, 9.17) is 19.9 Å². The third-order valence-electron chi connectivity index (χ3n) is 2.73. The van der Waals surface area contributed by atoms with Crippen LogP contribution in [0.4, 0.5) is 0 Å². The molecule has 102 valence electrons. The monoisotopic (exact) mass is 279 g/mol. The van der Waals surface area contributed by atoms with Gasteiger partial charge in [0.25, 0.3) is 0 Å². The van der Waals surface area contributed by atoms with Crippen molar-refractivity contribution in [3.63, 3.8) is 0 Å². The van der Waals surface area contributed by atoms with E-state index in [1.54, 1.807) is 25.6 Å². The Morgan fingerprint density at radius 1 is 1.05 bits per heavy atom. The van der Waals surface area contributed by atoms with Gasteiger partial charge in [0.1, 0.15) is 12.4 Å². The van der Waals surface area contributed by atoms with Crippen LogP contribution in [0.15, 0.2) is 29.6 Å². The zero-order valence-corrected chi connectivity index (χ0v) is 11.8. The highest BCUT2D eigenvalue weighted by molar-refractivity contribution is 7.10. The quantitative estimate of drug-likeness (QED) is 0.883. The van der Waals surface area contributed by atoms with Crippen LogP contribution in [0, 0.1) is 0 Å². The second-order valence-corrected chi connectivity index (χ2v) is 4.89. The molecule has 19 heavy (non-hydrogen) atoms. The summed E-state index contributed by atoms with van der Waals surface area (Å²) in [4.78, 5) is 1.06. The van der Waals surface area contributed by atoms with Gasteiger partial charge in [-0.25, -0.2) is 0 Å². The van der Waals surface area contributed by atoms with Crippen molar-refractivity contribution in [3.8, 4) is 17.2 Å². The Hall–Kier alpha value is -1.72. The average Bonchev–Trinajstić information content (AvgIpc) is 2.92.